The smallest absolute Gasteiger partial charge is 0.130 e. The lowest BCUT2D eigenvalue weighted by Gasteiger charge is -2.22. The van der Waals surface area contributed by atoms with Crippen LogP contribution in [0.25, 0.3) is 0 Å². The third-order valence-corrected chi connectivity index (χ3v) is 3.96. The Hall–Kier alpha value is -2.14. The predicted molar refractivity (Wildman–Crippen MR) is 83.6 cm³/mol. The first-order chi connectivity index (χ1) is 11.1. The van der Waals surface area contributed by atoms with E-state index in [2.05, 4.69) is 0 Å². The molecule has 122 valence electrons. The second-order valence-electron chi connectivity index (χ2n) is 5.77. The lowest BCUT2D eigenvalue weighted by atomic mass is 10.1. The minimum Gasteiger partial charge on any atom is -0.497 e. The Kier molecular flexibility index (Phi) is 4.48. The van der Waals surface area contributed by atoms with Gasteiger partial charge >= 0.3 is 0 Å². The van der Waals surface area contributed by atoms with Crippen LogP contribution in [0.2, 0.25) is 0 Å². The first-order valence-corrected chi connectivity index (χ1v) is 7.55. The van der Waals surface area contributed by atoms with E-state index < -0.39 is 11.6 Å². The number of benzene rings is 2. The average Bonchev–Trinajstić information content (AvgIpc) is 2.67. The van der Waals surface area contributed by atoms with Gasteiger partial charge in [-0.15, -0.1) is 0 Å². The molecule has 1 atom stereocenters. The molecule has 2 aromatic carbocycles. The van der Waals surface area contributed by atoms with Gasteiger partial charge in [-0.3, -0.25) is 4.90 Å². The van der Waals surface area contributed by atoms with Crippen molar-refractivity contribution in [3.63, 3.8) is 0 Å². The molecule has 0 spiro atoms. The van der Waals surface area contributed by atoms with E-state index in [-0.39, 0.29) is 18.2 Å². The van der Waals surface area contributed by atoms with E-state index in [4.69, 9.17) is 9.47 Å². The molecular weight excluding hydrogens is 300 g/mol. The molecule has 0 saturated heterocycles. The van der Waals surface area contributed by atoms with Crippen LogP contribution in [-0.4, -0.2) is 24.7 Å². The van der Waals surface area contributed by atoms with Crippen molar-refractivity contribution in [2.24, 2.45) is 0 Å². The summed E-state index contributed by atoms with van der Waals surface area (Å²) in [5.74, 6) is 0.452. The van der Waals surface area contributed by atoms with Gasteiger partial charge in [0.25, 0.3) is 0 Å². The van der Waals surface area contributed by atoms with Crippen LogP contribution < -0.4 is 9.47 Å². The molecule has 0 amide bonds. The van der Waals surface area contributed by atoms with E-state index in [0.29, 0.717) is 13.1 Å². The molecule has 0 radical (unpaired) electrons. The fraction of sp³-hybridized carbons (Fsp3) is 0.333. The minimum absolute atomic E-state index is 0.0850. The minimum atomic E-state index is -0.516. The highest BCUT2D eigenvalue weighted by Gasteiger charge is 2.22. The van der Waals surface area contributed by atoms with E-state index in [1.807, 2.05) is 30.0 Å². The van der Waals surface area contributed by atoms with Gasteiger partial charge in [-0.05, 0) is 25.1 Å². The molecule has 1 unspecified atom stereocenters. The maximum Gasteiger partial charge on any atom is 0.130 e. The summed E-state index contributed by atoms with van der Waals surface area (Å²) < 4.78 is 38.9. The van der Waals surface area contributed by atoms with Gasteiger partial charge in [0, 0.05) is 36.8 Å². The molecule has 5 heteroatoms. The number of halogens is 2. The monoisotopic (exact) mass is 319 g/mol. The summed E-state index contributed by atoms with van der Waals surface area (Å²) in [7, 11) is 1.61. The van der Waals surface area contributed by atoms with Gasteiger partial charge in [0.15, 0.2) is 0 Å². The summed E-state index contributed by atoms with van der Waals surface area (Å²) >= 11 is 0. The predicted octanol–water partition coefficient (Wildman–Crippen LogP) is 3.76. The molecule has 1 heterocycles. The third-order valence-electron chi connectivity index (χ3n) is 3.96. The molecule has 0 saturated carbocycles. The molecule has 0 aromatic heterocycles. The molecular formula is C18H19F2NO2. The zero-order chi connectivity index (χ0) is 16.4. The highest BCUT2D eigenvalue weighted by molar-refractivity contribution is 5.41. The SMILES string of the molecule is COc1ccc2c(c1)OC(C)CN(Cc1c(F)cccc1F)C2. The summed E-state index contributed by atoms with van der Waals surface area (Å²) in [4.78, 5) is 1.99. The Labute approximate surface area is 134 Å². The second-order valence-corrected chi connectivity index (χ2v) is 5.77. The normalized spacial score (nSPS) is 18.0. The van der Waals surface area contributed by atoms with E-state index in [0.717, 1.165) is 17.1 Å². The van der Waals surface area contributed by atoms with Gasteiger partial charge in [0.2, 0.25) is 0 Å². The summed E-state index contributed by atoms with van der Waals surface area (Å²) in [6.07, 6.45) is -0.0850. The molecule has 1 aliphatic heterocycles. The summed E-state index contributed by atoms with van der Waals surface area (Å²) in [5.41, 5.74) is 1.07. The van der Waals surface area contributed by atoms with E-state index in [9.17, 15) is 8.78 Å². The van der Waals surface area contributed by atoms with Crippen molar-refractivity contribution in [3.8, 4) is 11.5 Å². The van der Waals surface area contributed by atoms with Crippen LogP contribution in [0.3, 0.4) is 0 Å². The number of hydrogen-bond acceptors (Lipinski definition) is 3. The summed E-state index contributed by atoms with van der Waals surface area (Å²) in [6, 6.07) is 9.59. The molecule has 0 aliphatic carbocycles. The quantitative estimate of drug-likeness (QED) is 0.860. The Morgan fingerprint density at radius 3 is 2.65 bits per heavy atom. The molecule has 0 fully saturated rings. The van der Waals surface area contributed by atoms with Crippen molar-refractivity contribution in [2.75, 3.05) is 13.7 Å². The highest BCUT2D eigenvalue weighted by atomic mass is 19.1. The molecule has 3 nitrogen and oxygen atoms in total. The highest BCUT2D eigenvalue weighted by Crippen LogP contribution is 2.30. The van der Waals surface area contributed by atoms with Crippen LogP contribution in [0.15, 0.2) is 36.4 Å². The maximum absolute atomic E-state index is 13.9. The first kappa shape index (κ1) is 15.7. The van der Waals surface area contributed by atoms with Crippen LogP contribution in [0.1, 0.15) is 18.1 Å². The van der Waals surface area contributed by atoms with Gasteiger partial charge in [0.1, 0.15) is 29.2 Å². The van der Waals surface area contributed by atoms with Crippen molar-refractivity contribution in [1.82, 2.24) is 4.90 Å². The van der Waals surface area contributed by atoms with Gasteiger partial charge in [-0.25, -0.2) is 8.78 Å². The van der Waals surface area contributed by atoms with Crippen molar-refractivity contribution in [1.29, 1.82) is 0 Å². The standard InChI is InChI=1S/C18H19F2NO2/c1-12-9-21(11-15-16(19)4-3-5-17(15)20)10-13-6-7-14(22-2)8-18(13)23-12/h3-8,12H,9-11H2,1-2H3. The van der Waals surface area contributed by atoms with Gasteiger partial charge in [-0.1, -0.05) is 12.1 Å². The Balaban J connectivity index is 1.86. The number of rotatable bonds is 3. The first-order valence-electron chi connectivity index (χ1n) is 7.55. The number of ether oxygens (including phenoxy) is 2. The fourth-order valence-electron chi connectivity index (χ4n) is 2.85. The molecule has 2 aromatic rings. The van der Waals surface area contributed by atoms with E-state index in [1.165, 1.54) is 18.2 Å². The maximum atomic E-state index is 13.9. The number of fused-ring (bicyclic) bond motifs is 1. The van der Waals surface area contributed by atoms with Crippen molar-refractivity contribution in [2.45, 2.75) is 26.1 Å². The molecule has 0 bridgehead atoms. The molecule has 0 N–H and O–H groups in total. The Morgan fingerprint density at radius 1 is 1.22 bits per heavy atom. The molecule has 1 aliphatic rings. The second kappa shape index (κ2) is 6.54. The van der Waals surface area contributed by atoms with Gasteiger partial charge in [-0.2, -0.15) is 0 Å². The van der Waals surface area contributed by atoms with Crippen LogP contribution in [0.4, 0.5) is 8.78 Å². The van der Waals surface area contributed by atoms with Crippen molar-refractivity contribution >= 4 is 0 Å². The van der Waals surface area contributed by atoms with Gasteiger partial charge in [0.05, 0.1) is 7.11 Å². The Bertz CT molecular complexity index is 685. The van der Waals surface area contributed by atoms with Crippen LogP contribution in [-0.2, 0) is 13.1 Å². The van der Waals surface area contributed by atoms with Crippen LogP contribution >= 0.6 is 0 Å². The topological polar surface area (TPSA) is 21.7 Å². The number of hydrogen-bond donors (Lipinski definition) is 0. The molecule has 23 heavy (non-hydrogen) atoms. The largest absolute Gasteiger partial charge is 0.497 e. The van der Waals surface area contributed by atoms with Crippen molar-refractivity contribution in [3.05, 3.63) is 59.2 Å². The van der Waals surface area contributed by atoms with Gasteiger partial charge < -0.3 is 9.47 Å². The third kappa shape index (κ3) is 3.45. The average molecular weight is 319 g/mol. The fourth-order valence-corrected chi connectivity index (χ4v) is 2.85. The summed E-state index contributed by atoms with van der Waals surface area (Å²) in [6.45, 7) is 3.30. The lowest BCUT2D eigenvalue weighted by molar-refractivity contribution is 0.154. The van der Waals surface area contributed by atoms with Crippen LogP contribution in [0, 0.1) is 11.6 Å². The summed E-state index contributed by atoms with van der Waals surface area (Å²) in [5, 5.41) is 0. The van der Waals surface area contributed by atoms with Crippen LogP contribution in [0.5, 0.6) is 11.5 Å². The van der Waals surface area contributed by atoms with E-state index in [1.54, 1.807) is 7.11 Å². The van der Waals surface area contributed by atoms with Crippen molar-refractivity contribution < 1.29 is 18.3 Å². The number of nitrogens with zero attached hydrogens (tertiary/aromatic N) is 1. The number of methoxy groups -OCH3 is 1. The molecule has 3 rings (SSSR count). The Morgan fingerprint density at radius 2 is 1.96 bits per heavy atom. The zero-order valence-electron chi connectivity index (χ0n) is 13.2. The van der Waals surface area contributed by atoms with E-state index >= 15 is 0 Å². The zero-order valence-corrected chi connectivity index (χ0v) is 13.2. The lowest BCUT2D eigenvalue weighted by Crippen LogP contribution is -2.31.